The fourth-order valence-corrected chi connectivity index (χ4v) is 5.65. The van der Waals surface area contributed by atoms with Gasteiger partial charge in [-0.2, -0.15) is 8.78 Å². The van der Waals surface area contributed by atoms with Gasteiger partial charge in [0, 0.05) is 17.7 Å². The number of rotatable bonds is 5. The van der Waals surface area contributed by atoms with E-state index in [1.54, 1.807) is 6.07 Å². The molecule has 0 saturated heterocycles. The van der Waals surface area contributed by atoms with Crippen LogP contribution < -0.4 is 4.74 Å². The second-order valence-electron chi connectivity index (χ2n) is 9.49. The molecule has 2 fully saturated rings. The molecule has 0 N–H and O–H groups in total. The van der Waals surface area contributed by atoms with Crippen LogP contribution in [0.15, 0.2) is 42.5 Å². The number of benzene rings is 3. The van der Waals surface area contributed by atoms with Crippen molar-refractivity contribution in [3.05, 3.63) is 88.5 Å². The highest BCUT2D eigenvalue weighted by molar-refractivity contribution is 5.65. The molecular weight excluding hydrogens is 492 g/mol. The Balaban J connectivity index is 1.41. The van der Waals surface area contributed by atoms with Crippen LogP contribution in [0, 0.1) is 46.7 Å². The number of fused-ring (bicyclic) bond motifs is 1. The van der Waals surface area contributed by atoms with Crippen molar-refractivity contribution in [2.45, 2.75) is 44.1 Å². The van der Waals surface area contributed by atoms with Crippen LogP contribution in [0.2, 0.25) is 0 Å². The van der Waals surface area contributed by atoms with E-state index in [0.29, 0.717) is 24.0 Å². The van der Waals surface area contributed by atoms with Crippen LogP contribution in [0.3, 0.4) is 0 Å². The summed E-state index contributed by atoms with van der Waals surface area (Å²) in [6.07, 6.45) is 0.783. The Morgan fingerprint density at radius 2 is 1.28 bits per heavy atom. The number of alkyl halides is 2. The van der Waals surface area contributed by atoms with Crippen LogP contribution in [0.25, 0.3) is 11.1 Å². The third-order valence-corrected chi connectivity index (χ3v) is 7.30. The average Bonchev–Trinajstić information content (AvgIpc) is 3.39. The van der Waals surface area contributed by atoms with Gasteiger partial charge in [0.2, 0.25) is 0 Å². The zero-order valence-corrected chi connectivity index (χ0v) is 18.7. The van der Waals surface area contributed by atoms with Gasteiger partial charge in [-0.05, 0) is 59.9 Å². The van der Waals surface area contributed by atoms with Gasteiger partial charge in [-0.3, -0.25) is 0 Å². The first-order chi connectivity index (χ1) is 17.0. The van der Waals surface area contributed by atoms with Gasteiger partial charge in [0.1, 0.15) is 28.8 Å². The van der Waals surface area contributed by atoms with Gasteiger partial charge in [-0.15, -0.1) is 0 Å². The molecule has 5 rings (SSSR count). The predicted octanol–water partition coefficient (Wildman–Crippen LogP) is 8.61. The van der Waals surface area contributed by atoms with E-state index in [0.717, 1.165) is 18.4 Å². The molecule has 36 heavy (non-hydrogen) atoms. The molecule has 3 aromatic rings. The van der Waals surface area contributed by atoms with E-state index in [-0.39, 0.29) is 29.2 Å². The Morgan fingerprint density at radius 3 is 1.83 bits per heavy atom. The molecule has 0 bridgehead atoms. The standard InChI is InChI=1S/C27H20F8O/c28-20-8-15(16-6-13-2-1-3-14(13)7-16)4-5-19(20)17-9-21(29)25(22(30)10-17)27(34,35)36-18-11-23(31)26(33)24(32)12-18/h4-5,8-14,16H,1-3,6-7H2. The zero-order chi connectivity index (χ0) is 25.8. The molecule has 2 aliphatic carbocycles. The second kappa shape index (κ2) is 9.09. The van der Waals surface area contributed by atoms with Crippen molar-refractivity contribution >= 4 is 0 Å². The minimum absolute atomic E-state index is 0.116. The van der Waals surface area contributed by atoms with E-state index in [9.17, 15) is 35.1 Å². The maximum absolute atomic E-state index is 15.0. The lowest BCUT2D eigenvalue weighted by Crippen LogP contribution is -2.25. The quantitative estimate of drug-likeness (QED) is 0.246. The molecule has 0 heterocycles. The highest BCUT2D eigenvalue weighted by Crippen LogP contribution is 2.50. The monoisotopic (exact) mass is 512 g/mol. The number of halogens is 8. The smallest absolute Gasteiger partial charge is 0.429 e. The van der Waals surface area contributed by atoms with Gasteiger partial charge in [-0.1, -0.05) is 31.4 Å². The van der Waals surface area contributed by atoms with E-state index < -0.39 is 52.3 Å². The van der Waals surface area contributed by atoms with Gasteiger partial charge in [0.15, 0.2) is 17.5 Å². The van der Waals surface area contributed by atoms with Crippen molar-refractivity contribution < 1.29 is 39.9 Å². The van der Waals surface area contributed by atoms with E-state index in [1.807, 2.05) is 0 Å². The zero-order valence-electron chi connectivity index (χ0n) is 18.7. The van der Waals surface area contributed by atoms with Crippen molar-refractivity contribution in [1.29, 1.82) is 0 Å². The Kier molecular flexibility index (Phi) is 6.21. The summed E-state index contributed by atoms with van der Waals surface area (Å²) in [4.78, 5) is 0. The first-order valence-corrected chi connectivity index (χ1v) is 11.5. The molecule has 0 spiro atoms. The molecule has 9 heteroatoms. The minimum atomic E-state index is -4.72. The maximum Gasteiger partial charge on any atom is 0.432 e. The summed E-state index contributed by atoms with van der Waals surface area (Å²) in [7, 11) is 0. The lowest BCUT2D eigenvalue weighted by atomic mass is 9.92. The fourth-order valence-electron chi connectivity index (χ4n) is 5.65. The van der Waals surface area contributed by atoms with Crippen LogP contribution in [0.5, 0.6) is 5.75 Å². The van der Waals surface area contributed by atoms with Crippen LogP contribution in [-0.2, 0) is 6.11 Å². The Labute approximate surface area is 201 Å². The maximum atomic E-state index is 15.0. The van der Waals surface area contributed by atoms with Crippen molar-refractivity contribution in [1.82, 2.24) is 0 Å². The van der Waals surface area contributed by atoms with Crippen LogP contribution in [0.4, 0.5) is 35.1 Å². The van der Waals surface area contributed by atoms with Gasteiger partial charge in [0.05, 0.1) is 0 Å². The predicted molar refractivity (Wildman–Crippen MR) is 115 cm³/mol. The molecule has 0 aliphatic heterocycles. The molecule has 2 atom stereocenters. The second-order valence-corrected chi connectivity index (χ2v) is 9.49. The summed E-state index contributed by atoms with van der Waals surface area (Å²) in [5.41, 5.74) is -1.53. The van der Waals surface area contributed by atoms with Crippen molar-refractivity contribution in [3.8, 4) is 16.9 Å². The highest BCUT2D eigenvalue weighted by Gasteiger charge is 2.42. The van der Waals surface area contributed by atoms with Crippen molar-refractivity contribution in [2.75, 3.05) is 0 Å². The normalized spacial score (nSPS) is 21.6. The van der Waals surface area contributed by atoms with E-state index in [4.69, 9.17) is 0 Å². The SMILES string of the molecule is Fc1cc(C2CC3CCCC3C2)ccc1-c1cc(F)c(C(F)(F)Oc2cc(F)c(F)c(F)c2)c(F)c1. The van der Waals surface area contributed by atoms with Gasteiger partial charge in [-0.25, -0.2) is 26.3 Å². The molecule has 0 amide bonds. The summed E-state index contributed by atoms with van der Waals surface area (Å²) < 4.78 is 117. The molecule has 2 aliphatic rings. The van der Waals surface area contributed by atoms with E-state index >= 15 is 0 Å². The molecule has 0 aromatic heterocycles. The van der Waals surface area contributed by atoms with Gasteiger partial charge >= 0.3 is 6.11 Å². The van der Waals surface area contributed by atoms with Gasteiger partial charge < -0.3 is 4.74 Å². The topological polar surface area (TPSA) is 9.23 Å². The number of hydrogen-bond acceptors (Lipinski definition) is 1. The molecule has 0 radical (unpaired) electrons. The molecule has 2 saturated carbocycles. The first-order valence-electron chi connectivity index (χ1n) is 11.5. The average molecular weight is 512 g/mol. The first kappa shape index (κ1) is 24.6. The van der Waals surface area contributed by atoms with Crippen LogP contribution in [-0.4, -0.2) is 0 Å². The lowest BCUT2D eigenvalue weighted by Gasteiger charge is -2.20. The molecule has 190 valence electrons. The minimum Gasteiger partial charge on any atom is -0.429 e. The van der Waals surface area contributed by atoms with E-state index in [2.05, 4.69) is 4.74 Å². The molecular formula is C27H20F8O. The third-order valence-electron chi connectivity index (χ3n) is 7.30. The summed E-state index contributed by atoms with van der Waals surface area (Å²) in [6.45, 7) is 0. The molecule has 1 nitrogen and oxygen atoms in total. The Hall–Kier alpha value is -3.10. The fraction of sp³-hybridized carbons (Fsp3) is 0.333. The summed E-state index contributed by atoms with van der Waals surface area (Å²) in [6, 6.07) is 5.66. The van der Waals surface area contributed by atoms with Gasteiger partial charge in [0.25, 0.3) is 0 Å². The Morgan fingerprint density at radius 1 is 0.694 bits per heavy atom. The Bertz CT molecular complexity index is 1260. The molecule has 2 unspecified atom stereocenters. The lowest BCUT2D eigenvalue weighted by molar-refractivity contribution is -0.189. The summed E-state index contributed by atoms with van der Waals surface area (Å²) >= 11 is 0. The van der Waals surface area contributed by atoms with Crippen molar-refractivity contribution in [3.63, 3.8) is 0 Å². The third kappa shape index (κ3) is 4.44. The number of hydrogen-bond donors (Lipinski definition) is 0. The number of ether oxygens (including phenoxy) is 1. The van der Waals surface area contributed by atoms with E-state index in [1.165, 1.54) is 31.4 Å². The largest absolute Gasteiger partial charge is 0.432 e. The van der Waals surface area contributed by atoms with Crippen LogP contribution >= 0.6 is 0 Å². The van der Waals surface area contributed by atoms with Crippen molar-refractivity contribution in [2.24, 2.45) is 11.8 Å². The highest BCUT2D eigenvalue weighted by atomic mass is 19.3. The molecule has 3 aromatic carbocycles. The summed E-state index contributed by atoms with van der Waals surface area (Å²) in [5, 5.41) is 0. The summed E-state index contributed by atoms with van der Waals surface area (Å²) in [5.74, 6) is -9.52. The van der Waals surface area contributed by atoms with Crippen LogP contribution in [0.1, 0.15) is 49.1 Å².